The molecule has 1 aliphatic rings. The molecule has 0 spiro atoms. The van der Waals surface area contributed by atoms with Gasteiger partial charge in [-0.15, -0.1) is 0 Å². The highest BCUT2D eigenvalue weighted by atomic mass is 16.2. The van der Waals surface area contributed by atoms with E-state index in [-0.39, 0.29) is 24.3 Å². The summed E-state index contributed by atoms with van der Waals surface area (Å²) < 4.78 is 0. The Kier molecular flexibility index (Phi) is 5.52. The lowest BCUT2D eigenvalue weighted by atomic mass is 10.1. The molecule has 1 saturated heterocycles. The van der Waals surface area contributed by atoms with E-state index in [0.717, 1.165) is 23.0 Å². The highest BCUT2D eigenvalue weighted by molar-refractivity contribution is 5.89. The molecule has 2 heterocycles. The van der Waals surface area contributed by atoms with Crippen LogP contribution in [0.15, 0.2) is 36.5 Å². The first-order valence-electron chi connectivity index (χ1n) is 9.07. The summed E-state index contributed by atoms with van der Waals surface area (Å²) in [7, 11) is 1.78. The minimum absolute atomic E-state index is 0.0362. The number of aromatic nitrogens is 1. The highest BCUT2D eigenvalue weighted by Gasteiger charge is 2.33. The summed E-state index contributed by atoms with van der Waals surface area (Å²) in [6.45, 7) is 6.01. The number of carbonyl (C=O) groups is 2. The molecule has 1 atom stereocenters. The number of hydrogen-bond donors (Lipinski definition) is 1. The fraction of sp³-hybridized carbons (Fsp3) is 0.450. The van der Waals surface area contributed by atoms with Gasteiger partial charge in [0, 0.05) is 44.3 Å². The van der Waals surface area contributed by atoms with Crippen molar-refractivity contribution in [2.24, 2.45) is 0 Å². The summed E-state index contributed by atoms with van der Waals surface area (Å²) in [5.74, 6) is -0.0927. The maximum Gasteiger partial charge on any atom is 0.237 e. The number of piperazine rings is 1. The van der Waals surface area contributed by atoms with Gasteiger partial charge in [0.1, 0.15) is 0 Å². The van der Waals surface area contributed by atoms with Crippen molar-refractivity contribution in [3.8, 4) is 0 Å². The Labute approximate surface area is 154 Å². The summed E-state index contributed by atoms with van der Waals surface area (Å²) >= 11 is 0. The van der Waals surface area contributed by atoms with Crippen molar-refractivity contribution in [3.63, 3.8) is 0 Å². The smallest absolute Gasteiger partial charge is 0.237 e. The van der Waals surface area contributed by atoms with Gasteiger partial charge in [-0.3, -0.25) is 19.5 Å². The minimum Gasteiger partial charge on any atom is -0.353 e. The van der Waals surface area contributed by atoms with E-state index in [1.54, 1.807) is 18.1 Å². The lowest BCUT2D eigenvalue weighted by Crippen LogP contribution is -2.58. The molecule has 138 valence electrons. The number of nitrogens with zero attached hydrogens (tertiary/aromatic N) is 3. The molecular weight excluding hydrogens is 328 g/mol. The average molecular weight is 354 g/mol. The molecule has 2 aromatic rings. The molecule has 0 radical (unpaired) electrons. The third kappa shape index (κ3) is 4.02. The van der Waals surface area contributed by atoms with Crippen LogP contribution in [0.2, 0.25) is 0 Å². The number of hydrogen-bond acceptors (Lipinski definition) is 4. The molecular formula is C20H26N4O2. The maximum atomic E-state index is 12.7. The van der Waals surface area contributed by atoms with Crippen LogP contribution in [0.1, 0.15) is 25.8 Å². The van der Waals surface area contributed by atoms with Gasteiger partial charge in [0.05, 0.1) is 18.0 Å². The fourth-order valence-corrected chi connectivity index (χ4v) is 3.45. The van der Waals surface area contributed by atoms with Gasteiger partial charge in [0.15, 0.2) is 0 Å². The number of amides is 2. The Morgan fingerprint density at radius 1 is 1.38 bits per heavy atom. The summed E-state index contributed by atoms with van der Waals surface area (Å²) in [4.78, 5) is 33.1. The first kappa shape index (κ1) is 18.3. The molecule has 0 bridgehead atoms. The molecule has 26 heavy (non-hydrogen) atoms. The summed E-state index contributed by atoms with van der Waals surface area (Å²) in [6, 6.07) is 9.81. The van der Waals surface area contributed by atoms with Crippen molar-refractivity contribution in [3.05, 3.63) is 42.1 Å². The number of rotatable bonds is 5. The van der Waals surface area contributed by atoms with E-state index in [1.807, 2.05) is 24.3 Å². The van der Waals surface area contributed by atoms with Crippen LogP contribution in [0.3, 0.4) is 0 Å². The Morgan fingerprint density at radius 3 is 2.92 bits per heavy atom. The van der Waals surface area contributed by atoms with E-state index < -0.39 is 6.04 Å². The van der Waals surface area contributed by atoms with Crippen molar-refractivity contribution < 1.29 is 9.59 Å². The molecule has 1 fully saturated rings. The molecule has 6 nitrogen and oxygen atoms in total. The summed E-state index contributed by atoms with van der Waals surface area (Å²) in [5, 5.41) is 3.93. The number of pyridine rings is 1. The van der Waals surface area contributed by atoms with Gasteiger partial charge in [-0.25, -0.2) is 0 Å². The Bertz CT molecular complexity index is 805. The van der Waals surface area contributed by atoms with Crippen LogP contribution in [0.4, 0.5) is 0 Å². The molecule has 0 saturated carbocycles. The largest absolute Gasteiger partial charge is 0.353 e. The number of benzene rings is 1. The van der Waals surface area contributed by atoms with Gasteiger partial charge >= 0.3 is 0 Å². The second-order valence-corrected chi connectivity index (χ2v) is 7.13. The monoisotopic (exact) mass is 354 g/mol. The van der Waals surface area contributed by atoms with E-state index in [0.29, 0.717) is 13.1 Å². The normalized spacial score (nSPS) is 18.2. The van der Waals surface area contributed by atoms with E-state index >= 15 is 0 Å². The molecule has 0 aliphatic carbocycles. The van der Waals surface area contributed by atoms with Gasteiger partial charge in [-0.2, -0.15) is 0 Å². The number of para-hydroxylation sites is 1. The van der Waals surface area contributed by atoms with E-state index in [4.69, 9.17) is 0 Å². The van der Waals surface area contributed by atoms with Crippen molar-refractivity contribution in [1.82, 2.24) is 20.1 Å². The first-order valence-corrected chi connectivity index (χ1v) is 9.07. The topological polar surface area (TPSA) is 65.5 Å². The van der Waals surface area contributed by atoms with Crippen LogP contribution in [-0.4, -0.2) is 58.8 Å². The maximum absolute atomic E-state index is 12.7. The zero-order chi connectivity index (χ0) is 18.7. The molecule has 6 heteroatoms. The van der Waals surface area contributed by atoms with Gasteiger partial charge in [-0.05, 0) is 31.5 Å². The molecule has 1 aromatic carbocycles. The zero-order valence-corrected chi connectivity index (χ0v) is 15.6. The molecule has 2 amide bonds. The van der Waals surface area contributed by atoms with Gasteiger partial charge < -0.3 is 10.2 Å². The first-order chi connectivity index (χ1) is 12.5. The predicted octanol–water partition coefficient (Wildman–Crippen LogP) is 1.79. The second kappa shape index (κ2) is 7.83. The summed E-state index contributed by atoms with van der Waals surface area (Å²) in [6.07, 6.45) is 2.00. The highest BCUT2D eigenvalue weighted by Crippen LogP contribution is 2.16. The van der Waals surface area contributed by atoms with Gasteiger partial charge in [-0.1, -0.05) is 18.2 Å². The third-order valence-electron chi connectivity index (χ3n) is 4.90. The van der Waals surface area contributed by atoms with Crippen LogP contribution in [0.25, 0.3) is 10.9 Å². The van der Waals surface area contributed by atoms with Crippen LogP contribution < -0.4 is 5.32 Å². The lowest BCUT2D eigenvalue weighted by molar-refractivity contribution is -0.139. The molecule has 1 unspecified atom stereocenters. The van der Waals surface area contributed by atoms with Gasteiger partial charge in [0.2, 0.25) is 11.8 Å². The Morgan fingerprint density at radius 2 is 2.15 bits per heavy atom. The molecule has 1 N–H and O–H groups in total. The van der Waals surface area contributed by atoms with Crippen molar-refractivity contribution in [2.45, 2.75) is 38.9 Å². The fourth-order valence-electron chi connectivity index (χ4n) is 3.45. The average Bonchev–Trinajstić information content (AvgIpc) is 2.63. The van der Waals surface area contributed by atoms with Crippen LogP contribution in [0.5, 0.6) is 0 Å². The number of fused-ring (bicyclic) bond motifs is 1. The summed E-state index contributed by atoms with van der Waals surface area (Å²) in [5.41, 5.74) is 1.92. The van der Waals surface area contributed by atoms with Crippen LogP contribution >= 0.6 is 0 Å². The molecule has 3 rings (SSSR count). The minimum atomic E-state index is -0.395. The SMILES string of the molecule is CC(C)N1CCNC(=O)C1CC(=O)N(C)Cc1cnc2ccccc2c1. The van der Waals surface area contributed by atoms with Crippen LogP contribution in [-0.2, 0) is 16.1 Å². The number of carbonyl (C=O) groups excluding carboxylic acids is 2. The van der Waals surface area contributed by atoms with E-state index in [2.05, 4.69) is 35.1 Å². The number of nitrogens with one attached hydrogen (secondary N) is 1. The van der Waals surface area contributed by atoms with Crippen molar-refractivity contribution in [2.75, 3.05) is 20.1 Å². The quantitative estimate of drug-likeness (QED) is 0.889. The van der Waals surface area contributed by atoms with E-state index in [1.165, 1.54) is 0 Å². The predicted molar refractivity (Wildman–Crippen MR) is 101 cm³/mol. The Hall–Kier alpha value is -2.47. The molecule has 1 aromatic heterocycles. The van der Waals surface area contributed by atoms with Gasteiger partial charge in [0.25, 0.3) is 0 Å². The van der Waals surface area contributed by atoms with Crippen molar-refractivity contribution >= 4 is 22.7 Å². The third-order valence-corrected chi connectivity index (χ3v) is 4.90. The van der Waals surface area contributed by atoms with Crippen molar-refractivity contribution in [1.29, 1.82) is 0 Å². The molecule has 1 aliphatic heterocycles. The lowest BCUT2D eigenvalue weighted by Gasteiger charge is -2.38. The Balaban J connectivity index is 1.67. The second-order valence-electron chi connectivity index (χ2n) is 7.13. The van der Waals surface area contributed by atoms with Crippen LogP contribution in [0, 0.1) is 0 Å². The standard InChI is InChI=1S/C20H26N4O2/c1-14(2)24-9-8-21-20(26)18(24)11-19(25)23(3)13-15-10-16-6-4-5-7-17(16)22-12-15/h4-7,10,12,14,18H,8-9,11,13H2,1-3H3,(H,21,26). The zero-order valence-electron chi connectivity index (χ0n) is 15.6. The van der Waals surface area contributed by atoms with E-state index in [9.17, 15) is 9.59 Å².